The van der Waals surface area contributed by atoms with E-state index in [1.165, 1.54) is 19.1 Å². The van der Waals surface area contributed by atoms with Crippen molar-refractivity contribution in [1.82, 2.24) is 4.98 Å². The third kappa shape index (κ3) is 1.98. The quantitative estimate of drug-likeness (QED) is 0.835. The second kappa shape index (κ2) is 4.01. The molecule has 1 aromatic heterocycles. The highest BCUT2D eigenvalue weighted by molar-refractivity contribution is 9.10. The van der Waals surface area contributed by atoms with Crippen LogP contribution in [0.5, 0.6) is 0 Å². The molecule has 3 nitrogen and oxygen atoms in total. The maximum Gasteiger partial charge on any atom is 0.417 e. The lowest BCUT2D eigenvalue weighted by molar-refractivity contribution is -0.138. The lowest BCUT2D eigenvalue weighted by atomic mass is 10.1. The van der Waals surface area contributed by atoms with E-state index in [9.17, 15) is 18.0 Å². The third-order valence-corrected chi connectivity index (χ3v) is 3.26. The van der Waals surface area contributed by atoms with Crippen molar-refractivity contribution in [2.24, 2.45) is 0 Å². The molecule has 0 radical (unpaired) electrons. The number of rotatable bonds is 1. The Hall–Kier alpha value is -1.50. The van der Waals surface area contributed by atoms with Crippen LogP contribution >= 0.6 is 15.9 Å². The minimum absolute atomic E-state index is 0.0284. The van der Waals surface area contributed by atoms with Gasteiger partial charge in [-0.25, -0.2) is 4.79 Å². The summed E-state index contributed by atoms with van der Waals surface area (Å²) >= 11 is 2.87. The molecule has 2 rings (SSSR count). The molecule has 0 spiro atoms. The third-order valence-electron chi connectivity index (χ3n) is 2.63. The van der Waals surface area contributed by atoms with Gasteiger partial charge in [0.2, 0.25) is 0 Å². The van der Waals surface area contributed by atoms with E-state index in [0.29, 0.717) is 5.39 Å². The maximum absolute atomic E-state index is 12.8. The largest absolute Gasteiger partial charge is 0.477 e. The molecule has 0 bridgehead atoms. The van der Waals surface area contributed by atoms with E-state index >= 15 is 0 Å². The Balaban J connectivity index is 2.81. The summed E-state index contributed by atoms with van der Waals surface area (Å²) in [5, 5.41) is 9.23. The first-order valence-corrected chi connectivity index (χ1v) is 5.63. The molecule has 96 valence electrons. The van der Waals surface area contributed by atoms with Crippen LogP contribution in [0.15, 0.2) is 16.6 Å². The predicted octanol–water partition coefficient (Wildman–Crippen LogP) is 3.96. The summed E-state index contributed by atoms with van der Waals surface area (Å²) < 4.78 is 38.4. The van der Waals surface area contributed by atoms with E-state index in [1.807, 2.05) is 0 Å². The molecule has 0 saturated heterocycles. The van der Waals surface area contributed by atoms with Crippen molar-refractivity contribution < 1.29 is 23.1 Å². The molecule has 0 aliphatic rings. The highest BCUT2D eigenvalue weighted by Gasteiger charge is 2.36. The fraction of sp³-hybridized carbons (Fsp3) is 0.182. The SMILES string of the molecule is Cc1c(C(F)(F)F)c(Br)cc2cc(C(=O)O)[nH]c12. The number of aryl methyl sites for hydroxylation is 1. The molecule has 0 aliphatic heterocycles. The zero-order valence-corrected chi connectivity index (χ0v) is 10.6. The van der Waals surface area contributed by atoms with Crippen LogP contribution in [0, 0.1) is 6.92 Å². The zero-order valence-electron chi connectivity index (χ0n) is 9.02. The molecular formula is C11H7BrF3NO2. The number of halogens is 4. The van der Waals surface area contributed by atoms with Crippen LogP contribution < -0.4 is 0 Å². The van der Waals surface area contributed by atoms with Gasteiger partial charge in [-0.2, -0.15) is 13.2 Å². The van der Waals surface area contributed by atoms with Crippen LogP contribution in [0.3, 0.4) is 0 Å². The number of aromatic carboxylic acids is 1. The minimum atomic E-state index is -4.49. The predicted molar refractivity (Wildman–Crippen MR) is 62.7 cm³/mol. The second-order valence-corrected chi connectivity index (χ2v) is 4.66. The van der Waals surface area contributed by atoms with E-state index in [1.54, 1.807) is 0 Å². The Morgan fingerprint density at radius 2 is 2.00 bits per heavy atom. The van der Waals surface area contributed by atoms with Gasteiger partial charge in [-0.05, 0) is 24.6 Å². The van der Waals surface area contributed by atoms with Crippen molar-refractivity contribution in [2.75, 3.05) is 0 Å². The molecule has 18 heavy (non-hydrogen) atoms. The van der Waals surface area contributed by atoms with Crippen molar-refractivity contribution in [2.45, 2.75) is 13.1 Å². The lowest BCUT2D eigenvalue weighted by Crippen LogP contribution is -2.09. The van der Waals surface area contributed by atoms with Gasteiger partial charge in [-0.15, -0.1) is 0 Å². The zero-order chi connectivity index (χ0) is 13.7. The van der Waals surface area contributed by atoms with Crippen molar-refractivity contribution >= 4 is 32.8 Å². The molecular weight excluding hydrogens is 315 g/mol. The fourth-order valence-corrected chi connectivity index (χ4v) is 2.64. The molecule has 0 unspecified atom stereocenters. The summed E-state index contributed by atoms with van der Waals surface area (Å²) in [4.78, 5) is 13.3. The van der Waals surface area contributed by atoms with E-state index < -0.39 is 17.7 Å². The average Bonchev–Trinajstić information content (AvgIpc) is 2.59. The molecule has 0 atom stereocenters. The van der Waals surface area contributed by atoms with Crippen LogP contribution in [0.4, 0.5) is 13.2 Å². The molecule has 1 heterocycles. The molecule has 0 aliphatic carbocycles. The Morgan fingerprint density at radius 3 is 2.50 bits per heavy atom. The van der Waals surface area contributed by atoms with Crippen LogP contribution in [0.1, 0.15) is 21.6 Å². The number of hydrogen-bond donors (Lipinski definition) is 2. The van der Waals surface area contributed by atoms with Gasteiger partial charge in [0.15, 0.2) is 0 Å². The summed E-state index contributed by atoms with van der Waals surface area (Å²) in [5.41, 5.74) is -0.782. The van der Waals surface area contributed by atoms with Crippen LogP contribution in [-0.4, -0.2) is 16.1 Å². The fourth-order valence-electron chi connectivity index (χ4n) is 1.87. The number of carboxylic acid groups (broad SMARTS) is 1. The second-order valence-electron chi connectivity index (χ2n) is 3.81. The lowest BCUT2D eigenvalue weighted by Gasteiger charge is -2.13. The number of H-pyrrole nitrogens is 1. The highest BCUT2D eigenvalue weighted by atomic mass is 79.9. The molecule has 1 aromatic carbocycles. The van der Waals surface area contributed by atoms with Crippen LogP contribution in [-0.2, 0) is 6.18 Å². The summed E-state index contributed by atoms with van der Waals surface area (Å²) in [6, 6.07) is 2.56. The topological polar surface area (TPSA) is 53.1 Å². The van der Waals surface area contributed by atoms with Gasteiger partial charge in [-0.1, -0.05) is 15.9 Å². The molecule has 0 saturated carbocycles. The standard InChI is InChI=1S/C11H7BrF3NO2/c1-4-8(11(13,14)15)6(12)2-5-3-7(10(17)18)16-9(4)5/h2-3,16H,1H3,(H,17,18). The van der Waals surface area contributed by atoms with Gasteiger partial charge in [0, 0.05) is 15.4 Å². The maximum atomic E-state index is 12.8. The summed E-state index contributed by atoms with van der Waals surface area (Å²) in [6.07, 6.45) is -4.49. The Kier molecular flexibility index (Phi) is 2.89. The first-order valence-electron chi connectivity index (χ1n) is 4.84. The first-order chi connectivity index (χ1) is 8.21. The Morgan fingerprint density at radius 1 is 1.39 bits per heavy atom. The van der Waals surface area contributed by atoms with Crippen molar-refractivity contribution in [3.63, 3.8) is 0 Å². The number of hydrogen-bond acceptors (Lipinski definition) is 1. The van der Waals surface area contributed by atoms with E-state index in [4.69, 9.17) is 5.11 Å². The molecule has 0 amide bonds. The first kappa shape index (κ1) is 12.9. The molecule has 2 N–H and O–H groups in total. The smallest absolute Gasteiger partial charge is 0.417 e. The summed E-state index contributed by atoms with van der Waals surface area (Å²) in [6.45, 7) is 1.30. The van der Waals surface area contributed by atoms with Crippen molar-refractivity contribution in [1.29, 1.82) is 0 Å². The number of benzene rings is 1. The van der Waals surface area contributed by atoms with Crippen LogP contribution in [0.25, 0.3) is 10.9 Å². The van der Waals surface area contributed by atoms with Gasteiger partial charge in [-0.3, -0.25) is 0 Å². The van der Waals surface area contributed by atoms with Gasteiger partial charge in [0.05, 0.1) is 5.56 Å². The molecule has 2 aromatic rings. The highest BCUT2D eigenvalue weighted by Crippen LogP contribution is 2.40. The molecule has 0 fully saturated rings. The summed E-state index contributed by atoms with van der Waals surface area (Å²) in [7, 11) is 0. The van der Waals surface area contributed by atoms with E-state index in [0.717, 1.165) is 0 Å². The van der Waals surface area contributed by atoms with Gasteiger partial charge >= 0.3 is 12.1 Å². The normalized spacial score (nSPS) is 12.1. The number of carbonyl (C=O) groups is 1. The number of aromatic amines is 1. The number of carboxylic acids is 1. The Bertz CT molecular complexity index is 646. The molecule has 7 heteroatoms. The number of nitrogens with one attached hydrogen (secondary N) is 1. The van der Waals surface area contributed by atoms with E-state index in [-0.39, 0.29) is 21.2 Å². The van der Waals surface area contributed by atoms with Crippen LogP contribution in [0.2, 0.25) is 0 Å². The van der Waals surface area contributed by atoms with Crippen molar-refractivity contribution in [3.8, 4) is 0 Å². The monoisotopic (exact) mass is 321 g/mol. The Labute approximate surface area is 108 Å². The average molecular weight is 322 g/mol. The van der Waals surface area contributed by atoms with E-state index in [2.05, 4.69) is 20.9 Å². The number of alkyl halides is 3. The summed E-state index contributed by atoms with van der Waals surface area (Å²) in [5.74, 6) is -1.21. The minimum Gasteiger partial charge on any atom is -0.477 e. The number of aromatic nitrogens is 1. The van der Waals surface area contributed by atoms with Gasteiger partial charge < -0.3 is 10.1 Å². The number of fused-ring (bicyclic) bond motifs is 1. The van der Waals surface area contributed by atoms with Crippen molar-refractivity contribution in [3.05, 3.63) is 33.4 Å². The van der Waals surface area contributed by atoms with Gasteiger partial charge in [0.25, 0.3) is 0 Å². The van der Waals surface area contributed by atoms with Gasteiger partial charge in [0.1, 0.15) is 5.69 Å².